The van der Waals surface area contributed by atoms with Crippen LogP contribution < -0.4 is 4.90 Å². The predicted molar refractivity (Wildman–Crippen MR) is 80.9 cm³/mol. The Morgan fingerprint density at radius 1 is 1.00 bits per heavy atom. The number of hydrogen-bond acceptors (Lipinski definition) is 2. The van der Waals surface area contributed by atoms with Gasteiger partial charge >= 0.3 is 0 Å². The molecule has 2 nitrogen and oxygen atoms in total. The number of rotatable bonds is 4. The molecule has 0 aliphatic heterocycles. The molecular weight excluding hydrogens is 281 g/mol. The summed E-state index contributed by atoms with van der Waals surface area (Å²) in [6.07, 6.45) is 0. The molecule has 0 atom stereocenters. The summed E-state index contributed by atoms with van der Waals surface area (Å²) < 4.78 is 0. The van der Waals surface area contributed by atoms with Crippen molar-refractivity contribution in [3.63, 3.8) is 0 Å². The van der Waals surface area contributed by atoms with E-state index >= 15 is 0 Å². The van der Waals surface area contributed by atoms with Gasteiger partial charge in [-0.05, 0) is 35.9 Å². The van der Waals surface area contributed by atoms with Gasteiger partial charge in [-0.15, -0.1) is 0 Å². The van der Waals surface area contributed by atoms with E-state index in [1.807, 2.05) is 43.4 Å². The van der Waals surface area contributed by atoms with Gasteiger partial charge in [0, 0.05) is 34.9 Å². The zero-order valence-electron chi connectivity index (χ0n) is 10.6. The van der Waals surface area contributed by atoms with Crippen LogP contribution in [0.2, 0.25) is 10.0 Å². The van der Waals surface area contributed by atoms with Crippen LogP contribution in [0.15, 0.2) is 42.5 Å². The molecule has 2 aromatic carbocycles. The molecule has 0 heterocycles. The number of benzene rings is 2. The first kappa shape index (κ1) is 14.2. The second kappa shape index (κ2) is 6.29. The zero-order valence-corrected chi connectivity index (χ0v) is 12.1. The average Bonchev–Trinajstić information content (AvgIpc) is 2.41. The van der Waals surface area contributed by atoms with Crippen molar-refractivity contribution in [3.8, 4) is 0 Å². The summed E-state index contributed by atoms with van der Waals surface area (Å²) in [6.45, 7) is 0.715. The lowest BCUT2D eigenvalue weighted by molar-refractivity contribution is 0.282. The van der Waals surface area contributed by atoms with Crippen LogP contribution in [0.3, 0.4) is 0 Å². The Labute approximate surface area is 123 Å². The number of hydrogen-bond donors (Lipinski definition) is 1. The molecule has 2 aromatic rings. The fourth-order valence-electron chi connectivity index (χ4n) is 2.00. The maximum atomic E-state index is 9.39. The fourth-order valence-corrected chi connectivity index (χ4v) is 2.32. The van der Waals surface area contributed by atoms with Gasteiger partial charge in [0.25, 0.3) is 0 Å². The number of aliphatic hydroxyl groups excluding tert-OH is 1. The van der Waals surface area contributed by atoms with Crippen molar-refractivity contribution in [1.29, 1.82) is 0 Å². The van der Waals surface area contributed by atoms with Gasteiger partial charge < -0.3 is 10.0 Å². The molecule has 1 N–H and O–H groups in total. The van der Waals surface area contributed by atoms with E-state index in [-0.39, 0.29) is 6.61 Å². The summed E-state index contributed by atoms with van der Waals surface area (Å²) in [5.74, 6) is 0. The minimum atomic E-state index is -0.0269. The third kappa shape index (κ3) is 3.63. The molecule has 19 heavy (non-hydrogen) atoms. The van der Waals surface area contributed by atoms with Crippen molar-refractivity contribution in [2.75, 3.05) is 11.9 Å². The van der Waals surface area contributed by atoms with Gasteiger partial charge in [0.15, 0.2) is 0 Å². The van der Waals surface area contributed by atoms with Crippen LogP contribution in [0.5, 0.6) is 0 Å². The van der Waals surface area contributed by atoms with Crippen molar-refractivity contribution in [2.24, 2.45) is 0 Å². The van der Waals surface area contributed by atoms with Crippen LogP contribution in [0.25, 0.3) is 0 Å². The summed E-state index contributed by atoms with van der Waals surface area (Å²) in [6, 6.07) is 13.3. The summed E-state index contributed by atoms with van der Waals surface area (Å²) in [7, 11) is 1.98. The molecule has 0 radical (unpaired) electrons. The maximum absolute atomic E-state index is 9.39. The van der Waals surface area contributed by atoms with Gasteiger partial charge in [0.05, 0.1) is 6.61 Å². The Hall–Kier alpha value is -1.22. The highest BCUT2D eigenvalue weighted by Gasteiger charge is 2.08. The lowest BCUT2D eigenvalue weighted by Gasteiger charge is -2.22. The second-order valence-electron chi connectivity index (χ2n) is 4.41. The van der Waals surface area contributed by atoms with Crippen LogP contribution in [0, 0.1) is 0 Å². The maximum Gasteiger partial charge on any atom is 0.0702 e. The van der Waals surface area contributed by atoms with Crippen molar-refractivity contribution in [3.05, 3.63) is 63.6 Å². The summed E-state index contributed by atoms with van der Waals surface area (Å²) in [4.78, 5) is 2.07. The second-order valence-corrected chi connectivity index (χ2v) is 5.29. The standard InChI is InChI=1S/C15H15Cl2NO/c1-18(9-11-2-4-13(16)5-3-11)15-7-6-14(17)8-12(15)10-19/h2-8,19H,9-10H2,1H3. The SMILES string of the molecule is CN(Cc1ccc(Cl)cc1)c1ccc(Cl)cc1CO. The van der Waals surface area contributed by atoms with Gasteiger partial charge in [-0.25, -0.2) is 0 Å². The normalized spacial score (nSPS) is 10.5. The van der Waals surface area contributed by atoms with Gasteiger partial charge in [-0.1, -0.05) is 35.3 Å². The third-order valence-electron chi connectivity index (χ3n) is 2.96. The van der Waals surface area contributed by atoms with E-state index in [9.17, 15) is 5.11 Å². The fraction of sp³-hybridized carbons (Fsp3) is 0.200. The Bertz CT molecular complexity index is 555. The van der Waals surface area contributed by atoms with Crippen molar-refractivity contribution >= 4 is 28.9 Å². The molecule has 2 rings (SSSR count). The summed E-state index contributed by atoms with van der Waals surface area (Å²) in [5, 5.41) is 10.8. The van der Waals surface area contributed by atoms with Crippen molar-refractivity contribution in [1.82, 2.24) is 0 Å². The minimum absolute atomic E-state index is 0.0269. The number of aliphatic hydroxyl groups is 1. The Morgan fingerprint density at radius 3 is 2.26 bits per heavy atom. The summed E-state index contributed by atoms with van der Waals surface area (Å²) >= 11 is 11.8. The highest BCUT2D eigenvalue weighted by Crippen LogP contribution is 2.25. The number of nitrogens with zero attached hydrogens (tertiary/aromatic N) is 1. The molecule has 0 saturated heterocycles. The first-order chi connectivity index (χ1) is 9.10. The van der Waals surface area contributed by atoms with E-state index in [0.717, 1.165) is 28.4 Å². The third-order valence-corrected chi connectivity index (χ3v) is 3.44. The lowest BCUT2D eigenvalue weighted by Crippen LogP contribution is -2.18. The molecule has 0 bridgehead atoms. The molecule has 0 spiro atoms. The Morgan fingerprint density at radius 2 is 1.63 bits per heavy atom. The van der Waals surface area contributed by atoms with Gasteiger partial charge in [-0.3, -0.25) is 0 Å². The Balaban J connectivity index is 2.19. The van der Waals surface area contributed by atoms with E-state index in [2.05, 4.69) is 4.90 Å². The molecule has 0 aliphatic carbocycles. The van der Waals surface area contributed by atoms with E-state index in [4.69, 9.17) is 23.2 Å². The molecule has 0 amide bonds. The van der Waals surface area contributed by atoms with Gasteiger partial charge in [0.1, 0.15) is 0 Å². The van der Waals surface area contributed by atoms with Crippen LogP contribution in [0.4, 0.5) is 5.69 Å². The molecule has 0 unspecified atom stereocenters. The van der Waals surface area contributed by atoms with Crippen LogP contribution in [-0.4, -0.2) is 12.2 Å². The largest absolute Gasteiger partial charge is 0.392 e. The van der Waals surface area contributed by atoms with Gasteiger partial charge in [-0.2, -0.15) is 0 Å². The smallest absolute Gasteiger partial charge is 0.0702 e. The van der Waals surface area contributed by atoms with E-state index in [1.54, 1.807) is 6.07 Å². The van der Waals surface area contributed by atoms with Crippen LogP contribution in [-0.2, 0) is 13.2 Å². The molecule has 4 heteroatoms. The van der Waals surface area contributed by atoms with E-state index in [1.165, 1.54) is 0 Å². The van der Waals surface area contributed by atoms with E-state index < -0.39 is 0 Å². The lowest BCUT2D eigenvalue weighted by atomic mass is 10.1. The van der Waals surface area contributed by atoms with Crippen LogP contribution >= 0.6 is 23.2 Å². The highest BCUT2D eigenvalue weighted by molar-refractivity contribution is 6.30. The van der Waals surface area contributed by atoms with Crippen LogP contribution in [0.1, 0.15) is 11.1 Å². The molecule has 100 valence electrons. The predicted octanol–water partition coefficient (Wildman–Crippen LogP) is 4.12. The van der Waals surface area contributed by atoms with Gasteiger partial charge in [0.2, 0.25) is 0 Å². The zero-order chi connectivity index (χ0) is 13.8. The summed E-state index contributed by atoms with van der Waals surface area (Å²) in [5.41, 5.74) is 2.96. The molecular formula is C15H15Cl2NO. The molecule has 0 fully saturated rings. The first-order valence-corrected chi connectivity index (χ1v) is 6.70. The molecule has 0 aliphatic rings. The highest BCUT2D eigenvalue weighted by atomic mass is 35.5. The van der Waals surface area contributed by atoms with E-state index in [0.29, 0.717) is 5.02 Å². The Kier molecular flexibility index (Phi) is 4.70. The quantitative estimate of drug-likeness (QED) is 0.917. The van der Waals surface area contributed by atoms with Crippen molar-refractivity contribution in [2.45, 2.75) is 13.2 Å². The number of anilines is 1. The molecule has 0 saturated carbocycles. The monoisotopic (exact) mass is 295 g/mol. The topological polar surface area (TPSA) is 23.5 Å². The number of halogens is 2. The average molecular weight is 296 g/mol. The van der Waals surface area contributed by atoms with Crippen molar-refractivity contribution < 1.29 is 5.11 Å². The first-order valence-electron chi connectivity index (χ1n) is 5.95. The molecule has 0 aromatic heterocycles. The minimum Gasteiger partial charge on any atom is -0.392 e.